The highest BCUT2D eigenvalue weighted by molar-refractivity contribution is 6.35. The second kappa shape index (κ2) is 17.4. The van der Waals surface area contributed by atoms with Gasteiger partial charge in [0, 0.05) is 48.0 Å². The molecule has 41 heavy (non-hydrogen) atoms. The molecule has 1 heterocycles. The fourth-order valence-electron chi connectivity index (χ4n) is 5.92. The lowest BCUT2D eigenvalue weighted by molar-refractivity contribution is -0.137. The molecule has 0 bridgehead atoms. The summed E-state index contributed by atoms with van der Waals surface area (Å²) in [5.74, 6) is 0.754. The Kier molecular flexibility index (Phi) is 14.3. The minimum Gasteiger partial charge on any atom is -0.368 e. The summed E-state index contributed by atoms with van der Waals surface area (Å²) >= 11 is 12.8. The lowest BCUT2D eigenvalue weighted by Gasteiger charge is -2.41. The van der Waals surface area contributed by atoms with Gasteiger partial charge in [0.15, 0.2) is 0 Å². The van der Waals surface area contributed by atoms with Gasteiger partial charge in [-0.05, 0) is 74.0 Å². The van der Waals surface area contributed by atoms with E-state index in [-0.39, 0.29) is 18.0 Å². The molecule has 3 rings (SSSR count). The number of carbonyl (C=O) groups is 1. The van der Waals surface area contributed by atoms with Crippen molar-refractivity contribution in [2.45, 2.75) is 91.1 Å². The Labute approximate surface area is 259 Å². The maximum Gasteiger partial charge on any atom is 0.240 e. The number of halogens is 2. The van der Waals surface area contributed by atoms with Crippen LogP contribution >= 0.6 is 23.2 Å². The van der Waals surface area contributed by atoms with E-state index in [2.05, 4.69) is 66.7 Å². The number of unbranched alkanes of at least 4 members (excludes halogenated alkanes) is 4. The van der Waals surface area contributed by atoms with Crippen LogP contribution < -0.4 is 10.6 Å². The van der Waals surface area contributed by atoms with Crippen LogP contribution in [0.5, 0.6) is 0 Å². The zero-order valence-corrected chi connectivity index (χ0v) is 27.3. The number of carbonyl (C=O) groups excluding carboxylic acids is 1. The van der Waals surface area contributed by atoms with Crippen LogP contribution in [0.4, 0.5) is 5.69 Å². The van der Waals surface area contributed by atoms with Crippen LogP contribution in [0.25, 0.3) is 0 Å². The quantitative estimate of drug-likeness (QED) is 0.198. The highest BCUT2D eigenvalue weighted by atomic mass is 35.5. The number of nitrogens with zero attached hydrogens (tertiary/aromatic N) is 3. The van der Waals surface area contributed by atoms with Crippen molar-refractivity contribution in [2.75, 3.05) is 44.2 Å². The molecule has 1 amide bonds. The summed E-state index contributed by atoms with van der Waals surface area (Å²) in [6.07, 6.45) is 8.41. The lowest BCUT2D eigenvalue weighted by atomic mass is 9.96. The Balaban J connectivity index is 1.79. The van der Waals surface area contributed by atoms with Crippen LogP contribution in [-0.4, -0.2) is 61.0 Å². The van der Waals surface area contributed by atoms with E-state index < -0.39 is 0 Å². The van der Waals surface area contributed by atoms with Gasteiger partial charge < -0.3 is 15.5 Å². The predicted molar refractivity (Wildman–Crippen MR) is 176 cm³/mol. The molecule has 2 aromatic rings. The highest BCUT2D eigenvalue weighted by Crippen LogP contribution is 2.30. The number of nitrogens with two attached hydrogens (primary N) is 1. The summed E-state index contributed by atoms with van der Waals surface area (Å²) in [7, 11) is 0. The fraction of sp³-hybridized carbons (Fsp3) is 0.618. The molecule has 1 aliphatic heterocycles. The van der Waals surface area contributed by atoms with Crippen molar-refractivity contribution in [3.63, 3.8) is 0 Å². The molecular weight excluding hydrogens is 551 g/mol. The maximum absolute atomic E-state index is 14.3. The molecule has 1 aliphatic rings. The first-order chi connectivity index (χ1) is 19.7. The van der Waals surface area contributed by atoms with E-state index in [1.807, 2.05) is 12.1 Å². The lowest BCUT2D eigenvalue weighted by Crippen LogP contribution is -2.56. The monoisotopic (exact) mass is 602 g/mol. The summed E-state index contributed by atoms with van der Waals surface area (Å²) in [4.78, 5) is 21.2. The number of hydrogen-bond acceptors (Lipinski definition) is 4. The normalized spacial score (nSPS) is 15.5. The summed E-state index contributed by atoms with van der Waals surface area (Å²) in [5.41, 5.74) is 10.0. The van der Waals surface area contributed by atoms with E-state index in [9.17, 15) is 4.79 Å². The number of rotatable bonds is 16. The molecule has 1 saturated heterocycles. The topological polar surface area (TPSA) is 52.8 Å². The Hall–Kier alpha value is -1.79. The van der Waals surface area contributed by atoms with E-state index in [1.54, 1.807) is 6.07 Å². The number of amides is 1. The summed E-state index contributed by atoms with van der Waals surface area (Å²) in [6.45, 7) is 13.8. The predicted octanol–water partition coefficient (Wildman–Crippen LogP) is 7.98. The first kappa shape index (κ1) is 33.7. The zero-order valence-electron chi connectivity index (χ0n) is 25.8. The molecule has 0 aromatic heterocycles. The third-order valence-corrected chi connectivity index (χ3v) is 8.83. The molecule has 2 N–H and O–H groups in total. The van der Waals surface area contributed by atoms with Gasteiger partial charge in [0.1, 0.15) is 0 Å². The SMILES string of the molecule is CCCCCN(CCCCC)[C@H](Cc1ccc(Cl)cc1Cl)C(=O)N1CCN(c2ccccc2C(N)CC(C)C)CC1. The average molecular weight is 604 g/mol. The van der Waals surface area contributed by atoms with Gasteiger partial charge in [-0.1, -0.05) is 101 Å². The molecule has 228 valence electrons. The van der Waals surface area contributed by atoms with Gasteiger partial charge in [0.2, 0.25) is 5.91 Å². The molecule has 0 aliphatic carbocycles. The van der Waals surface area contributed by atoms with Gasteiger partial charge in [-0.2, -0.15) is 0 Å². The molecule has 0 saturated carbocycles. The molecule has 7 heteroatoms. The van der Waals surface area contributed by atoms with Crippen molar-refractivity contribution in [1.82, 2.24) is 9.80 Å². The second-order valence-corrected chi connectivity index (χ2v) is 12.9. The van der Waals surface area contributed by atoms with Gasteiger partial charge in [0.25, 0.3) is 0 Å². The van der Waals surface area contributed by atoms with Crippen molar-refractivity contribution in [3.05, 3.63) is 63.6 Å². The molecule has 2 aromatic carbocycles. The van der Waals surface area contributed by atoms with Crippen LogP contribution in [0.1, 0.15) is 89.8 Å². The zero-order chi connectivity index (χ0) is 29.8. The molecule has 1 unspecified atom stereocenters. The number of para-hydroxylation sites is 1. The first-order valence-corrected chi connectivity index (χ1v) is 16.6. The van der Waals surface area contributed by atoms with Gasteiger partial charge in [0.05, 0.1) is 6.04 Å². The smallest absolute Gasteiger partial charge is 0.240 e. The largest absolute Gasteiger partial charge is 0.368 e. The van der Waals surface area contributed by atoms with Gasteiger partial charge >= 0.3 is 0 Å². The second-order valence-electron chi connectivity index (χ2n) is 12.0. The maximum atomic E-state index is 14.3. The van der Waals surface area contributed by atoms with Crippen LogP contribution in [-0.2, 0) is 11.2 Å². The van der Waals surface area contributed by atoms with Crippen molar-refractivity contribution < 1.29 is 4.79 Å². The average Bonchev–Trinajstić information content (AvgIpc) is 2.96. The van der Waals surface area contributed by atoms with E-state index in [0.717, 1.165) is 63.8 Å². The third-order valence-electron chi connectivity index (χ3n) is 8.25. The highest BCUT2D eigenvalue weighted by Gasteiger charge is 2.32. The van der Waals surface area contributed by atoms with Crippen LogP contribution in [0.2, 0.25) is 10.0 Å². The standard InChI is InChI=1S/C34H52Cl2N4O/c1-5-7-11-17-38(18-12-8-6-2)33(24-27-15-16-28(35)25-30(27)36)34(41)40-21-19-39(20-22-40)32-14-10-9-13-29(32)31(37)23-26(3)4/h9-10,13-16,25-26,31,33H,5-8,11-12,17-24,37H2,1-4H3/t31?,33-/m1/s1. The molecule has 1 fully saturated rings. The molecule has 2 atom stereocenters. The van der Waals surface area contributed by atoms with E-state index in [1.165, 1.54) is 24.1 Å². The van der Waals surface area contributed by atoms with Gasteiger partial charge in [-0.3, -0.25) is 9.69 Å². The van der Waals surface area contributed by atoms with Crippen molar-refractivity contribution in [1.29, 1.82) is 0 Å². The van der Waals surface area contributed by atoms with Crippen molar-refractivity contribution in [3.8, 4) is 0 Å². The summed E-state index contributed by atoms with van der Waals surface area (Å²) in [5, 5.41) is 1.26. The fourth-order valence-corrected chi connectivity index (χ4v) is 6.41. The van der Waals surface area contributed by atoms with Crippen molar-refractivity contribution in [2.24, 2.45) is 11.7 Å². The first-order valence-electron chi connectivity index (χ1n) is 15.8. The Morgan fingerprint density at radius 1 is 0.927 bits per heavy atom. The van der Waals surface area contributed by atoms with Crippen LogP contribution in [0.3, 0.4) is 0 Å². The Morgan fingerprint density at radius 3 is 2.15 bits per heavy atom. The number of hydrogen-bond donors (Lipinski definition) is 1. The van der Waals surface area contributed by atoms with Crippen molar-refractivity contribution >= 4 is 34.8 Å². The summed E-state index contributed by atoms with van der Waals surface area (Å²) in [6, 6.07) is 13.9. The number of piperazine rings is 1. The van der Waals surface area contributed by atoms with Crippen LogP contribution in [0.15, 0.2) is 42.5 Å². The van der Waals surface area contributed by atoms with Gasteiger partial charge in [-0.25, -0.2) is 0 Å². The van der Waals surface area contributed by atoms with E-state index >= 15 is 0 Å². The summed E-state index contributed by atoms with van der Waals surface area (Å²) < 4.78 is 0. The van der Waals surface area contributed by atoms with Crippen LogP contribution in [0, 0.1) is 5.92 Å². The van der Waals surface area contributed by atoms with E-state index in [0.29, 0.717) is 35.5 Å². The molecule has 5 nitrogen and oxygen atoms in total. The Bertz CT molecular complexity index is 1060. The molecule has 0 spiro atoms. The third kappa shape index (κ3) is 10.2. The minimum atomic E-state index is -0.235. The van der Waals surface area contributed by atoms with Gasteiger partial charge in [-0.15, -0.1) is 0 Å². The number of benzene rings is 2. The minimum absolute atomic E-state index is 0.0131. The van der Waals surface area contributed by atoms with E-state index in [4.69, 9.17) is 28.9 Å². The Morgan fingerprint density at radius 2 is 1.56 bits per heavy atom. The molecular formula is C34H52Cl2N4O. The number of anilines is 1. The molecule has 0 radical (unpaired) electrons.